The van der Waals surface area contributed by atoms with Crippen LogP contribution >= 0.6 is 0 Å². The first kappa shape index (κ1) is 17.8. The van der Waals surface area contributed by atoms with E-state index in [-0.39, 0.29) is 23.2 Å². The third-order valence-electron chi connectivity index (χ3n) is 7.74. The van der Waals surface area contributed by atoms with Crippen LogP contribution in [0.5, 0.6) is 0 Å². The topological polar surface area (TPSA) is 59.7 Å². The molecule has 4 rings (SSSR count). The van der Waals surface area contributed by atoms with E-state index in [1.807, 2.05) is 6.07 Å². The number of esters is 1. The monoisotopic (exact) mass is 358 g/mol. The first-order valence-electron chi connectivity index (χ1n) is 9.81. The molecule has 0 amide bonds. The number of carbonyl (C=O) groups is 1. The summed E-state index contributed by atoms with van der Waals surface area (Å²) >= 11 is 0. The van der Waals surface area contributed by atoms with Crippen LogP contribution in [0.25, 0.3) is 6.08 Å². The Kier molecular flexibility index (Phi) is 3.76. The Balaban J connectivity index is 1.92. The van der Waals surface area contributed by atoms with Crippen molar-refractivity contribution in [3.8, 4) is 0 Å². The van der Waals surface area contributed by atoms with Crippen LogP contribution in [-0.4, -0.2) is 22.8 Å². The smallest absolute Gasteiger partial charge is 0.303 e. The van der Waals surface area contributed by atoms with Gasteiger partial charge in [-0.3, -0.25) is 4.79 Å². The third kappa shape index (κ3) is 2.08. The van der Waals surface area contributed by atoms with Crippen LogP contribution in [0.1, 0.15) is 77.5 Å². The standard InChI is InChI=1S/C22H30O4/c1-13-15-7-10-25-18(15)12-17-16(13)11-19(26-14(2)23)22(24)20(3,4)8-6-9-21(17,22)5/h7,10,12-13,16,19,24H,6,8-9,11H2,1-5H3/t13-,16-,19+,21+,22+/m0/s1. The van der Waals surface area contributed by atoms with Gasteiger partial charge in [-0.15, -0.1) is 0 Å². The molecule has 2 saturated carbocycles. The summed E-state index contributed by atoms with van der Waals surface area (Å²) in [6, 6.07) is 2.04. The first-order valence-corrected chi connectivity index (χ1v) is 9.81. The zero-order valence-electron chi connectivity index (χ0n) is 16.5. The average molecular weight is 358 g/mol. The zero-order chi connectivity index (χ0) is 18.9. The summed E-state index contributed by atoms with van der Waals surface area (Å²) in [7, 11) is 0. The van der Waals surface area contributed by atoms with E-state index in [2.05, 4.69) is 33.8 Å². The van der Waals surface area contributed by atoms with Crippen molar-refractivity contribution in [2.24, 2.45) is 16.7 Å². The zero-order valence-corrected chi connectivity index (χ0v) is 16.5. The summed E-state index contributed by atoms with van der Waals surface area (Å²) in [5, 5.41) is 12.2. The maximum atomic E-state index is 12.2. The van der Waals surface area contributed by atoms with E-state index in [1.165, 1.54) is 18.1 Å². The Morgan fingerprint density at radius 1 is 1.31 bits per heavy atom. The van der Waals surface area contributed by atoms with Gasteiger partial charge < -0.3 is 14.3 Å². The highest BCUT2D eigenvalue weighted by Gasteiger charge is 2.68. The van der Waals surface area contributed by atoms with E-state index < -0.39 is 17.1 Å². The fourth-order valence-electron chi connectivity index (χ4n) is 6.36. The minimum atomic E-state index is -1.09. The second kappa shape index (κ2) is 5.48. The maximum Gasteiger partial charge on any atom is 0.303 e. The summed E-state index contributed by atoms with van der Waals surface area (Å²) in [5.41, 5.74) is 0.626. The molecule has 1 aromatic heterocycles. The largest absolute Gasteiger partial charge is 0.465 e. The molecule has 3 aliphatic rings. The Labute approximate surface area is 155 Å². The molecule has 1 heterocycles. The van der Waals surface area contributed by atoms with Crippen molar-refractivity contribution in [3.63, 3.8) is 0 Å². The van der Waals surface area contributed by atoms with Crippen molar-refractivity contribution >= 4 is 12.0 Å². The molecule has 0 aliphatic heterocycles. The minimum Gasteiger partial charge on any atom is -0.465 e. The molecule has 4 nitrogen and oxygen atoms in total. The van der Waals surface area contributed by atoms with Gasteiger partial charge in [0, 0.05) is 17.9 Å². The van der Waals surface area contributed by atoms with Crippen LogP contribution in [0, 0.1) is 16.7 Å². The van der Waals surface area contributed by atoms with Crippen molar-refractivity contribution in [3.05, 3.63) is 29.2 Å². The van der Waals surface area contributed by atoms with Crippen LogP contribution in [0.2, 0.25) is 0 Å². The van der Waals surface area contributed by atoms with Gasteiger partial charge in [-0.05, 0) is 48.7 Å². The number of fused-ring (bicyclic) bond motifs is 4. The Hall–Kier alpha value is -1.55. The van der Waals surface area contributed by atoms with Gasteiger partial charge in [0.2, 0.25) is 0 Å². The number of aliphatic hydroxyl groups is 1. The molecule has 0 aromatic carbocycles. The second-order valence-corrected chi connectivity index (χ2v) is 9.40. The van der Waals surface area contributed by atoms with Crippen molar-refractivity contribution in [1.29, 1.82) is 0 Å². The number of carbonyl (C=O) groups excluding carboxylic acids is 1. The molecule has 4 heteroatoms. The molecule has 1 N–H and O–H groups in total. The van der Waals surface area contributed by atoms with Crippen LogP contribution < -0.4 is 0 Å². The molecule has 0 spiro atoms. The fourth-order valence-corrected chi connectivity index (χ4v) is 6.36. The molecule has 0 bridgehead atoms. The van der Waals surface area contributed by atoms with Gasteiger partial charge in [-0.25, -0.2) is 0 Å². The van der Waals surface area contributed by atoms with E-state index in [0.29, 0.717) is 6.42 Å². The molecule has 5 atom stereocenters. The van der Waals surface area contributed by atoms with Gasteiger partial charge in [-0.1, -0.05) is 39.7 Å². The third-order valence-corrected chi connectivity index (χ3v) is 7.74. The molecule has 2 fully saturated rings. The number of ether oxygens (including phenoxy) is 1. The van der Waals surface area contributed by atoms with Gasteiger partial charge in [-0.2, -0.15) is 0 Å². The first-order chi connectivity index (χ1) is 12.1. The lowest BCUT2D eigenvalue weighted by molar-refractivity contribution is -0.251. The number of rotatable bonds is 1. The Morgan fingerprint density at radius 2 is 2.04 bits per heavy atom. The molecule has 0 unspecified atom stereocenters. The van der Waals surface area contributed by atoms with E-state index in [9.17, 15) is 9.90 Å². The Bertz CT molecular complexity index is 773. The summed E-state index contributed by atoms with van der Waals surface area (Å²) in [6.45, 7) is 10.1. The van der Waals surface area contributed by atoms with Crippen LogP contribution in [-0.2, 0) is 9.53 Å². The normalized spacial score (nSPS) is 40.7. The molecule has 1 aromatic rings. The molecular weight excluding hydrogens is 328 g/mol. The highest BCUT2D eigenvalue weighted by atomic mass is 16.6. The molecule has 0 saturated heterocycles. The lowest BCUT2D eigenvalue weighted by Gasteiger charge is -2.65. The highest BCUT2D eigenvalue weighted by molar-refractivity contribution is 5.67. The number of hydrogen-bond donors (Lipinski definition) is 1. The lowest BCUT2D eigenvalue weighted by Crippen LogP contribution is -2.70. The predicted molar refractivity (Wildman–Crippen MR) is 99.4 cm³/mol. The molecule has 142 valence electrons. The molecule has 3 aliphatic carbocycles. The fraction of sp³-hybridized carbons (Fsp3) is 0.682. The summed E-state index contributed by atoms with van der Waals surface area (Å²) in [5.74, 6) is 1.14. The second-order valence-electron chi connectivity index (χ2n) is 9.40. The number of furan rings is 1. The maximum absolute atomic E-state index is 12.2. The van der Waals surface area contributed by atoms with Crippen molar-refractivity contribution < 1.29 is 19.1 Å². The van der Waals surface area contributed by atoms with Gasteiger partial charge >= 0.3 is 5.97 Å². The molecule has 0 radical (unpaired) electrons. The molecule has 26 heavy (non-hydrogen) atoms. The molecular formula is C22H30O4. The average Bonchev–Trinajstić information content (AvgIpc) is 3.01. The van der Waals surface area contributed by atoms with Crippen LogP contribution in [0.4, 0.5) is 0 Å². The quantitative estimate of drug-likeness (QED) is 0.741. The van der Waals surface area contributed by atoms with E-state index >= 15 is 0 Å². The van der Waals surface area contributed by atoms with E-state index in [0.717, 1.165) is 25.0 Å². The number of hydrogen-bond acceptors (Lipinski definition) is 4. The predicted octanol–water partition coefficient (Wildman–Crippen LogP) is 4.68. The highest BCUT2D eigenvalue weighted by Crippen LogP contribution is 2.66. The van der Waals surface area contributed by atoms with E-state index in [1.54, 1.807) is 6.26 Å². The van der Waals surface area contributed by atoms with Gasteiger partial charge in [0.25, 0.3) is 0 Å². The van der Waals surface area contributed by atoms with Gasteiger partial charge in [0.05, 0.1) is 6.26 Å². The lowest BCUT2D eigenvalue weighted by atomic mass is 9.43. The SMILES string of the molecule is CC(=O)O[C@@H]1C[C@@H]2C(=Cc3occc3[C@@H]2C)[C@@]2(C)CCCC(C)(C)[C@]12O. The summed E-state index contributed by atoms with van der Waals surface area (Å²) in [6.07, 6.45) is 6.97. The van der Waals surface area contributed by atoms with Crippen molar-refractivity contribution in [2.75, 3.05) is 0 Å². The Morgan fingerprint density at radius 3 is 2.73 bits per heavy atom. The van der Waals surface area contributed by atoms with Crippen molar-refractivity contribution in [2.45, 2.75) is 77.9 Å². The minimum absolute atomic E-state index is 0.253. The van der Waals surface area contributed by atoms with Crippen LogP contribution in [0.3, 0.4) is 0 Å². The van der Waals surface area contributed by atoms with E-state index in [4.69, 9.17) is 9.15 Å². The van der Waals surface area contributed by atoms with Gasteiger partial charge in [0.1, 0.15) is 17.5 Å². The van der Waals surface area contributed by atoms with Gasteiger partial charge in [0.15, 0.2) is 0 Å². The van der Waals surface area contributed by atoms with Crippen molar-refractivity contribution in [1.82, 2.24) is 0 Å². The van der Waals surface area contributed by atoms with Crippen LogP contribution in [0.15, 0.2) is 22.3 Å². The summed E-state index contributed by atoms with van der Waals surface area (Å²) < 4.78 is 11.5. The summed E-state index contributed by atoms with van der Waals surface area (Å²) in [4.78, 5) is 11.9.